The van der Waals surface area contributed by atoms with Crippen molar-refractivity contribution in [1.29, 1.82) is 0 Å². The molecule has 0 saturated carbocycles. The van der Waals surface area contributed by atoms with Crippen LogP contribution in [0.15, 0.2) is 42.5 Å². The first-order chi connectivity index (χ1) is 11.6. The summed E-state index contributed by atoms with van der Waals surface area (Å²) in [6.45, 7) is 5.38. The van der Waals surface area contributed by atoms with E-state index in [1.165, 1.54) is 24.3 Å². The molecule has 0 saturated heterocycles. The number of halogens is 1. The minimum atomic E-state index is -1.04. The normalized spacial score (nSPS) is 11.2. The number of aryl methyl sites for hydroxylation is 1. The number of carboxylic acid groups (broad SMARTS) is 1. The first-order valence-corrected chi connectivity index (χ1v) is 7.99. The number of carbonyl (C=O) groups is 2. The molecule has 0 bridgehead atoms. The van der Waals surface area contributed by atoms with Gasteiger partial charge in [-0.25, -0.2) is 9.18 Å². The van der Waals surface area contributed by atoms with Gasteiger partial charge in [0.15, 0.2) is 0 Å². The van der Waals surface area contributed by atoms with Gasteiger partial charge in [0.25, 0.3) is 0 Å². The van der Waals surface area contributed by atoms with Crippen molar-refractivity contribution in [2.45, 2.75) is 39.2 Å². The summed E-state index contributed by atoms with van der Waals surface area (Å²) in [6, 6.07) is 10.8. The Morgan fingerprint density at radius 3 is 2.44 bits per heavy atom. The van der Waals surface area contributed by atoms with E-state index >= 15 is 0 Å². The van der Waals surface area contributed by atoms with Gasteiger partial charge in [-0.1, -0.05) is 18.2 Å². The maximum Gasteiger partial charge on any atom is 0.335 e. The van der Waals surface area contributed by atoms with E-state index in [9.17, 15) is 14.0 Å². The largest absolute Gasteiger partial charge is 0.478 e. The molecule has 0 heterocycles. The zero-order valence-electron chi connectivity index (χ0n) is 14.5. The van der Waals surface area contributed by atoms with E-state index in [0.717, 1.165) is 0 Å². The number of hydrogen-bond acceptors (Lipinski definition) is 3. The summed E-state index contributed by atoms with van der Waals surface area (Å²) in [6.07, 6.45) is 0.494. The minimum Gasteiger partial charge on any atom is -0.478 e. The van der Waals surface area contributed by atoms with Crippen LogP contribution in [0.4, 0.5) is 4.39 Å². The van der Waals surface area contributed by atoms with Gasteiger partial charge in [0.2, 0.25) is 0 Å². The van der Waals surface area contributed by atoms with E-state index in [1.807, 2.05) is 0 Å². The van der Waals surface area contributed by atoms with E-state index in [-0.39, 0.29) is 18.0 Å². The lowest BCUT2D eigenvalue weighted by molar-refractivity contribution is -0.154. The summed E-state index contributed by atoms with van der Waals surface area (Å²) >= 11 is 0. The van der Waals surface area contributed by atoms with Crippen molar-refractivity contribution in [3.63, 3.8) is 0 Å². The average Bonchev–Trinajstić information content (AvgIpc) is 2.51. The van der Waals surface area contributed by atoms with E-state index < -0.39 is 17.4 Å². The quantitative estimate of drug-likeness (QED) is 0.813. The number of aromatic carboxylic acids is 1. The van der Waals surface area contributed by atoms with Crippen molar-refractivity contribution in [2.75, 3.05) is 0 Å². The Morgan fingerprint density at radius 1 is 1.08 bits per heavy atom. The van der Waals surface area contributed by atoms with Crippen LogP contribution in [-0.4, -0.2) is 22.6 Å². The van der Waals surface area contributed by atoms with Gasteiger partial charge in [0.05, 0.1) is 5.56 Å². The second-order valence-electron chi connectivity index (χ2n) is 6.82. The van der Waals surface area contributed by atoms with Crippen LogP contribution >= 0.6 is 0 Å². The molecule has 25 heavy (non-hydrogen) atoms. The molecule has 0 aliphatic carbocycles. The number of ether oxygens (including phenoxy) is 1. The fraction of sp³-hybridized carbons (Fsp3) is 0.300. The van der Waals surface area contributed by atoms with E-state index in [2.05, 4.69) is 0 Å². The summed E-state index contributed by atoms with van der Waals surface area (Å²) in [5, 5.41) is 9.08. The monoisotopic (exact) mass is 344 g/mol. The molecule has 0 spiro atoms. The molecular weight excluding hydrogens is 323 g/mol. The second kappa shape index (κ2) is 7.47. The molecule has 0 aliphatic heterocycles. The van der Waals surface area contributed by atoms with Crippen LogP contribution in [0, 0.1) is 5.82 Å². The van der Waals surface area contributed by atoms with Crippen molar-refractivity contribution in [3.05, 3.63) is 59.4 Å². The van der Waals surface area contributed by atoms with Crippen molar-refractivity contribution in [1.82, 2.24) is 0 Å². The molecule has 0 aliphatic rings. The van der Waals surface area contributed by atoms with Crippen LogP contribution in [-0.2, 0) is 16.0 Å². The van der Waals surface area contributed by atoms with Crippen molar-refractivity contribution < 1.29 is 23.8 Å². The molecule has 132 valence electrons. The topological polar surface area (TPSA) is 63.6 Å². The first kappa shape index (κ1) is 18.6. The Balaban J connectivity index is 2.19. The van der Waals surface area contributed by atoms with Crippen molar-refractivity contribution in [3.8, 4) is 11.1 Å². The molecular formula is C20H21FO4. The van der Waals surface area contributed by atoms with Crippen LogP contribution in [0.2, 0.25) is 0 Å². The SMILES string of the molecule is CC(C)(C)OC(=O)CCc1cc(F)cc(-c2cccc(C(=O)O)c2)c1. The third-order valence-corrected chi connectivity index (χ3v) is 3.44. The van der Waals surface area contributed by atoms with E-state index in [1.54, 1.807) is 39.0 Å². The molecule has 0 radical (unpaired) electrons. The molecule has 2 aromatic rings. The summed E-state index contributed by atoms with van der Waals surface area (Å²) in [4.78, 5) is 22.9. The lowest BCUT2D eigenvalue weighted by Gasteiger charge is -2.19. The Hall–Kier alpha value is -2.69. The Morgan fingerprint density at radius 2 is 1.80 bits per heavy atom. The third kappa shape index (κ3) is 5.71. The molecule has 0 aromatic heterocycles. The Bertz CT molecular complexity index is 791. The molecule has 0 unspecified atom stereocenters. The molecule has 0 atom stereocenters. The highest BCUT2D eigenvalue weighted by Gasteiger charge is 2.16. The van der Waals surface area contributed by atoms with Gasteiger partial charge in [-0.05, 0) is 68.1 Å². The van der Waals surface area contributed by atoms with Gasteiger partial charge in [-0.15, -0.1) is 0 Å². The Kier molecular flexibility index (Phi) is 5.57. The smallest absolute Gasteiger partial charge is 0.335 e. The molecule has 2 rings (SSSR count). The van der Waals surface area contributed by atoms with Gasteiger partial charge in [0.1, 0.15) is 11.4 Å². The third-order valence-electron chi connectivity index (χ3n) is 3.44. The second-order valence-corrected chi connectivity index (χ2v) is 6.82. The number of hydrogen-bond donors (Lipinski definition) is 1. The highest BCUT2D eigenvalue weighted by molar-refractivity contribution is 5.89. The van der Waals surface area contributed by atoms with E-state index in [4.69, 9.17) is 9.84 Å². The number of benzene rings is 2. The van der Waals surface area contributed by atoms with Gasteiger partial charge in [0, 0.05) is 6.42 Å². The average molecular weight is 344 g/mol. The summed E-state index contributed by atoms with van der Waals surface area (Å²) < 4.78 is 19.2. The molecule has 5 heteroatoms. The summed E-state index contributed by atoms with van der Waals surface area (Å²) in [5.41, 5.74) is 1.42. The van der Waals surface area contributed by atoms with Crippen molar-refractivity contribution in [2.24, 2.45) is 0 Å². The number of carboxylic acids is 1. The highest BCUT2D eigenvalue weighted by Crippen LogP contribution is 2.24. The zero-order valence-corrected chi connectivity index (χ0v) is 14.5. The maximum atomic E-state index is 13.9. The predicted molar refractivity (Wildman–Crippen MR) is 93.0 cm³/mol. The molecule has 4 nitrogen and oxygen atoms in total. The number of esters is 1. The number of carbonyl (C=O) groups excluding carboxylic acids is 1. The van der Waals surface area contributed by atoms with Crippen LogP contribution < -0.4 is 0 Å². The van der Waals surface area contributed by atoms with Crippen LogP contribution in [0.1, 0.15) is 43.1 Å². The van der Waals surface area contributed by atoms with Gasteiger partial charge >= 0.3 is 11.9 Å². The zero-order chi connectivity index (χ0) is 18.6. The Labute approximate surface area is 146 Å². The summed E-state index contributed by atoms with van der Waals surface area (Å²) in [7, 11) is 0. The van der Waals surface area contributed by atoms with E-state index in [0.29, 0.717) is 23.1 Å². The lowest BCUT2D eigenvalue weighted by atomic mass is 9.99. The van der Waals surface area contributed by atoms with Crippen LogP contribution in [0.5, 0.6) is 0 Å². The fourth-order valence-corrected chi connectivity index (χ4v) is 2.43. The summed E-state index contributed by atoms with van der Waals surface area (Å²) in [5.74, 6) is -1.81. The standard InChI is InChI=1S/C20H21FO4/c1-20(2,3)25-18(22)8-7-13-9-16(12-17(21)10-13)14-5-4-6-15(11-14)19(23)24/h4-6,9-12H,7-8H2,1-3H3,(H,23,24). The maximum absolute atomic E-state index is 13.9. The molecule has 0 fully saturated rings. The number of rotatable bonds is 5. The van der Waals surface area contributed by atoms with Crippen molar-refractivity contribution >= 4 is 11.9 Å². The molecule has 1 N–H and O–H groups in total. The minimum absolute atomic E-state index is 0.136. The first-order valence-electron chi connectivity index (χ1n) is 7.99. The molecule has 2 aromatic carbocycles. The van der Waals surface area contributed by atoms with Gasteiger partial charge < -0.3 is 9.84 Å². The van der Waals surface area contributed by atoms with Crippen LogP contribution in [0.25, 0.3) is 11.1 Å². The lowest BCUT2D eigenvalue weighted by Crippen LogP contribution is -2.24. The fourth-order valence-electron chi connectivity index (χ4n) is 2.43. The molecule has 0 amide bonds. The predicted octanol–water partition coefficient (Wildman–Crippen LogP) is 4.47. The highest BCUT2D eigenvalue weighted by atomic mass is 19.1. The van der Waals surface area contributed by atoms with Gasteiger partial charge in [-0.2, -0.15) is 0 Å². The van der Waals surface area contributed by atoms with Gasteiger partial charge in [-0.3, -0.25) is 4.79 Å². The van der Waals surface area contributed by atoms with Crippen LogP contribution in [0.3, 0.4) is 0 Å².